The minimum Gasteiger partial charge on any atom is -0.391 e. The highest BCUT2D eigenvalue weighted by molar-refractivity contribution is 8.00. The Labute approximate surface area is 106 Å². The van der Waals surface area contributed by atoms with Gasteiger partial charge < -0.3 is 5.11 Å². The number of hydrogen-bond donors (Lipinski definition) is 2. The second kappa shape index (κ2) is 9.58. The Hall–Kier alpha value is 0.570. The Balaban J connectivity index is 3.31. The van der Waals surface area contributed by atoms with E-state index in [1.165, 1.54) is 11.8 Å². The van der Waals surface area contributed by atoms with E-state index in [2.05, 4.69) is 6.92 Å². The Morgan fingerprint density at radius 2 is 1.75 bits per heavy atom. The van der Waals surface area contributed by atoms with Gasteiger partial charge >= 0.3 is 0 Å². The van der Waals surface area contributed by atoms with Gasteiger partial charge in [0, 0.05) is 11.5 Å². The molecule has 2 N–H and O–H groups in total. The van der Waals surface area contributed by atoms with Crippen molar-refractivity contribution in [2.24, 2.45) is 0 Å². The molecule has 0 aliphatic heterocycles. The minimum absolute atomic E-state index is 0.194. The quantitative estimate of drug-likeness (QED) is 0.469. The smallest absolute Gasteiger partial charge is 0.264 e. The summed E-state index contributed by atoms with van der Waals surface area (Å²) in [6.07, 6.45) is 1.21. The van der Waals surface area contributed by atoms with Crippen molar-refractivity contribution in [1.82, 2.24) is 0 Å². The van der Waals surface area contributed by atoms with E-state index in [4.69, 9.17) is 4.55 Å². The van der Waals surface area contributed by atoms with Crippen LogP contribution in [0.15, 0.2) is 0 Å². The van der Waals surface area contributed by atoms with Crippen LogP contribution >= 0.6 is 23.5 Å². The van der Waals surface area contributed by atoms with Gasteiger partial charge in [0.15, 0.2) is 0 Å². The molecule has 0 aromatic rings. The highest BCUT2D eigenvalue weighted by Crippen LogP contribution is 2.11. The molecule has 0 saturated heterocycles. The molecule has 0 aliphatic rings. The Morgan fingerprint density at radius 1 is 1.19 bits per heavy atom. The molecule has 1 atom stereocenters. The predicted molar refractivity (Wildman–Crippen MR) is 72.0 cm³/mol. The minimum atomic E-state index is -3.82. The van der Waals surface area contributed by atoms with Gasteiger partial charge in [-0.2, -0.15) is 31.9 Å². The van der Waals surface area contributed by atoms with Gasteiger partial charge in [0.25, 0.3) is 10.1 Å². The Kier molecular flexibility index (Phi) is 9.93. The van der Waals surface area contributed by atoms with Crippen molar-refractivity contribution in [3.63, 3.8) is 0 Å². The van der Waals surface area contributed by atoms with Crippen LogP contribution in [0, 0.1) is 0 Å². The van der Waals surface area contributed by atoms with Crippen LogP contribution in [-0.4, -0.2) is 52.9 Å². The SMILES string of the molecule is CCCSCC(O)CSCCCS(=O)(=O)O. The average Bonchev–Trinajstić information content (AvgIpc) is 2.16. The van der Waals surface area contributed by atoms with E-state index in [1.54, 1.807) is 11.8 Å². The molecule has 0 spiro atoms. The van der Waals surface area contributed by atoms with Gasteiger partial charge in [-0.15, -0.1) is 0 Å². The third kappa shape index (κ3) is 12.6. The fourth-order valence-electron chi connectivity index (χ4n) is 0.975. The molecular formula is C9H20O4S3. The van der Waals surface area contributed by atoms with Crippen LogP contribution in [-0.2, 0) is 10.1 Å². The monoisotopic (exact) mass is 288 g/mol. The van der Waals surface area contributed by atoms with Crippen LogP contribution in [0.3, 0.4) is 0 Å². The lowest BCUT2D eigenvalue weighted by Gasteiger charge is -2.09. The van der Waals surface area contributed by atoms with Crippen molar-refractivity contribution in [3.05, 3.63) is 0 Å². The molecule has 0 aliphatic carbocycles. The highest BCUT2D eigenvalue weighted by atomic mass is 32.2. The fourth-order valence-corrected chi connectivity index (χ4v) is 3.57. The van der Waals surface area contributed by atoms with Crippen LogP contribution < -0.4 is 0 Å². The largest absolute Gasteiger partial charge is 0.391 e. The summed E-state index contributed by atoms with van der Waals surface area (Å²) in [6.45, 7) is 2.10. The summed E-state index contributed by atoms with van der Waals surface area (Å²) in [5.41, 5.74) is 0. The third-order valence-corrected chi connectivity index (χ3v) is 4.98. The van der Waals surface area contributed by atoms with Crippen LogP contribution in [0.1, 0.15) is 19.8 Å². The molecule has 0 aromatic carbocycles. The van der Waals surface area contributed by atoms with E-state index in [9.17, 15) is 13.5 Å². The molecule has 0 fully saturated rings. The molecule has 0 saturated carbocycles. The number of aliphatic hydroxyl groups excluding tert-OH is 1. The summed E-state index contributed by atoms with van der Waals surface area (Å²) in [5.74, 6) is 2.88. The summed E-state index contributed by atoms with van der Waals surface area (Å²) in [6, 6.07) is 0. The van der Waals surface area contributed by atoms with Crippen LogP contribution in [0.2, 0.25) is 0 Å². The van der Waals surface area contributed by atoms with Gasteiger partial charge in [0.1, 0.15) is 0 Å². The van der Waals surface area contributed by atoms with Crippen molar-refractivity contribution in [2.45, 2.75) is 25.9 Å². The van der Waals surface area contributed by atoms with E-state index in [0.29, 0.717) is 17.9 Å². The zero-order valence-electron chi connectivity index (χ0n) is 9.46. The maximum absolute atomic E-state index is 10.4. The van der Waals surface area contributed by atoms with Crippen molar-refractivity contribution in [3.8, 4) is 0 Å². The molecule has 4 nitrogen and oxygen atoms in total. The number of rotatable bonds is 10. The first-order chi connectivity index (χ1) is 7.45. The molecule has 0 heterocycles. The van der Waals surface area contributed by atoms with E-state index < -0.39 is 10.1 Å². The summed E-state index contributed by atoms with van der Waals surface area (Å²) >= 11 is 3.25. The van der Waals surface area contributed by atoms with Gasteiger partial charge in [-0.25, -0.2) is 0 Å². The van der Waals surface area contributed by atoms with E-state index >= 15 is 0 Å². The standard InChI is InChI=1S/C9H20O4S3/c1-2-4-14-7-9(10)8-15-5-3-6-16(11,12)13/h9-10H,2-8H2,1H3,(H,11,12,13). The second-order valence-corrected chi connectivity index (χ2v) is 7.31. The zero-order chi connectivity index (χ0) is 12.4. The van der Waals surface area contributed by atoms with Crippen LogP contribution in [0.5, 0.6) is 0 Å². The normalized spacial score (nSPS) is 13.9. The summed E-state index contributed by atoms with van der Waals surface area (Å²) < 4.78 is 29.3. The van der Waals surface area contributed by atoms with Crippen molar-refractivity contribution >= 4 is 33.6 Å². The van der Waals surface area contributed by atoms with Gasteiger partial charge in [0.05, 0.1) is 11.9 Å². The molecule has 0 bridgehead atoms. The first-order valence-electron chi connectivity index (χ1n) is 5.24. The van der Waals surface area contributed by atoms with E-state index in [1.807, 2.05) is 0 Å². The van der Waals surface area contributed by atoms with Crippen LogP contribution in [0.4, 0.5) is 0 Å². The molecule has 16 heavy (non-hydrogen) atoms. The zero-order valence-corrected chi connectivity index (χ0v) is 11.9. The fraction of sp³-hybridized carbons (Fsp3) is 1.00. The van der Waals surface area contributed by atoms with Crippen molar-refractivity contribution < 1.29 is 18.1 Å². The van der Waals surface area contributed by atoms with Gasteiger partial charge in [-0.3, -0.25) is 4.55 Å². The average molecular weight is 288 g/mol. The molecule has 7 heteroatoms. The maximum Gasteiger partial charge on any atom is 0.264 e. The van der Waals surface area contributed by atoms with Gasteiger partial charge in [0.2, 0.25) is 0 Å². The molecule has 0 rings (SSSR count). The van der Waals surface area contributed by atoms with Crippen LogP contribution in [0.25, 0.3) is 0 Å². The lowest BCUT2D eigenvalue weighted by molar-refractivity contribution is 0.225. The first kappa shape index (κ1) is 16.6. The van der Waals surface area contributed by atoms with Crippen molar-refractivity contribution in [2.75, 3.05) is 28.8 Å². The lowest BCUT2D eigenvalue weighted by Crippen LogP contribution is -2.14. The van der Waals surface area contributed by atoms with Gasteiger partial charge in [-0.05, 0) is 24.3 Å². The summed E-state index contributed by atoms with van der Waals surface area (Å²) in [5, 5.41) is 9.53. The van der Waals surface area contributed by atoms with Gasteiger partial charge in [-0.1, -0.05) is 6.92 Å². The lowest BCUT2D eigenvalue weighted by atomic mass is 10.5. The number of hydrogen-bond acceptors (Lipinski definition) is 5. The Morgan fingerprint density at radius 3 is 2.25 bits per heavy atom. The summed E-state index contributed by atoms with van der Waals surface area (Å²) in [7, 11) is -3.82. The number of aliphatic hydroxyl groups is 1. The molecule has 0 radical (unpaired) electrons. The summed E-state index contributed by atoms with van der Waals surface area (Å²) in [4.78, 5) is 0. The highest BCUT2D eigenvalue weighted by Gasteiger charge is 2.06. The van der Waals surface area contributed by atoms with E-state index in [0.717, 1.165) is 17.9 Å². The molecular weight excluding hydrogens is 268 g/mol. The molecule has 0 aromatic heterocycles. The second-order valence-electron chi connectivity index (χ2n) is 3.44. The predicted octanol–water partition coefficient (Wildman–Crippen LogP) is 1.50. The molecule has 98 valence electrons. The molecule has 0 amide bonds. The third-order valence-electron chi connectivity index (χ3n) is 1.66. The molecule has 1 unspecified atom stereocenters. The maximum atomic E-state index is 10.4. The topological polar surface area (TPSA) is 74.6 Å². The first-order valence-corrected chi connectivity index (χ1v) is 9.16. The van der Waals surface area contributed by atoms with E-state index in [-0.39, 0.29) is 11.9 Å². The number of thioether (sulfide) groups is 2. The Bertz CT molecular complexity index is 253. The van der Waals surface area contributed by atoms with Crippen molar-refractivity contribution in [1.29, 1.82) is 0 Å².